The molecular formula is C23H23N3O6. The van der Waals surface area contributed by atoms with E-state index in [9.17, 15) is 19.2 Å². The van der Waals surface area contributed by atoms with Gasteiger partial charge in [0, 0.05) is 29.8 Å². The molecule has 0 spiro atoms. The lowest BCUT2D eigenvalue weighted by atomic mass is 10.0. The van der Waals surface area contributed by atoms with E-state index in [1.54, 1.807) is 49.6 Å². The summed E-state index contributed by atoms with van der Waals surface area (Å²) in [6, 6.07) is 11.4. The van der Waals surface area contributed by atoms with Gasteiger partial charge in [0.2, 0.25) is 17.7 Å². The number of ether oxygens (including phenoxy) is 2. The van der Waals surface area contributed by atoms with Gasteiger partial charge in [-0.15, -0.1) is 0 Å². The molecule has 1 saturated heterocycles. The average Bonchev–Trinajstić information content (AvgIpc) is 3.12. The van der Waals surface area contributed by atoms with Crippen LogP contribution in [0, 0.1) is 0 Å². The summed E-state index contributed by atoms with van der Waals surface area (Å²) in [4.78, 5) is 50.4. The number of amides is 4. The molecule has 4 rings (SSSR count). The molecule has 2 heterocycles. The predicted octanol–water partition coefficient (Wildman–Crippen LogP) is 1.86. The van der Waals surface area contributed by atoms with Crippen molar-refractivity contribution >= 4 is 29.3 Å². The number of nitrogens with zero attached hydrogens (tertiary/aromatic N) is 1. The van der Waals surface area contributed by atoms with Gasteiger partial charge in [-0.05, 0) is 42.8 Å². The Hall–Kier alpha value is -3.88. The summed E-state index contributed by atoms with van der Waals surface area (Å²) in [5.74, 6) is 0.00903. The number of carbonyl (C=O) groups is 4. The molecule has 32 heavy (non-hydrogen) atoms. The van der Waals surface area contributed by atoms with Crippen LogP contribution in [-0.4, -0.2) is 48.3 Å². The van der Waals surface area contributed by atoms with E-state index in [4.69, 9.17) is 9.47 Å². The number of imide groups is 1. The van der Waals surface area contributed by atoms with Crippen molar-refractivity contribution in [1.82, 2.24) is 10.2 Å². The molecule has 0 aromatic heterocycles. The SMILES string of the molecule is COc1ccc(OCCC(=O)Nc2cccc3c2CN(C2CCC(=O)NC2=O)C3=O)cc1. The highest BCUT2D eigenvalue weighted by atomic mass is 16.5. The van der Waals surface area contributed by atoms with Crippen LogP contribution >= 0.6 is 0 Å². The number of rotatable bonds is 7. The number of fused-ring (bicyclic) bond motifs is 1. The lowest BCUT2D eigenvalue weighted by Gasteiger charge is -2.29. The Kier molecular flexibility index (Phi) is 6.07. The minimum atomic E-state index is -0.700. The first-order chi connectivity index (χ1) is 15.5. The maximum absolute atomic E-state index is 12.9. The number of anilines is 1. The fourth-order valence-corrected chi connectivity index (χ4v) is 3.85. The second kappa shape index (κ2) is 9.09. The molecule has 1 unspecified atom stereocenters. The van der Waals surface area contributed by atoms with Crippen molar-refractivity contribution in [2.24, 2.45) is 0 Å². The number of hydrogen-bond acceptors (Lipinski definition) is 6. The lowest BCUT2D eigenvalue weighted by molar-refractivity contribution is -0.137. The molecule has 166 valence electrons. The molecule has 9 heteroatoms. The Morgan fingerprint density at radius 2 is 1.88 bits per heavy atom. The molecule has 4 amide bonds. The molecule has 0 bridgehead atoms. The third-order valence-corrected chi connectivity index (χ3v) is 5.51. The summed E-state index contributed by atoms with van der Waals surface area (Å²) in [5.41, 5.74) is 1.63. The standard InChI is InChI=1S/C23H23N3O6/c1-31-14-5-7-15(8-6-14)32-12-11-21(28)24-18-4-2-3-16-17(18)13-26(23(16)30)19-9-10-20(27)25-22(19)29/h2-8,19H,9-13H2,1H3,(H,24,28)(H,25,27,29). The van der Waals surface area contributed by atoms with Crippen LogP contribution in [0.3, 0.4) is 0 Å². The second-order valence-electron chi connectivity index (χ2n) is 7.55. The molecule has 9 nitrogen and oxygen atoms in total. The quantitative estimate of drug-likeness (QED) is 0.639. The number of methoxy groups -OCH3 is 1. The van der Waals surface area contributed by atoms with Crippen molar-refractivity contribution < 1.29 is 28.7 Å². The van der Waals surface area contributed by atoms with Crippen molar-refractivity contribution in [3.8, 4) is 11.5 Å². The van der Waals surface area contributed by atoms with E-state index < -0.39 is 11.9 Å². The Morgan fingerprint density at radius 1 is 1.12 bits per heavy atom. The largest absolute Gasteiger partial charge is 0.497 e. The zero-order chi connectivity index (χ0) is 22.7. The summed E-state index contributed by atoms with van der Waals surface area (Å²) in [5, 5.41) is 5.12. The van der Waals surface area contributed by atoms with Crippen LogP contribution in [0.1, 0.15) is 35.2 Å². The van der Waals surface area contributed by atoms with Crippen LogP contribution in [-0.2, 0) is 20.9 Å². The van der Waals surface area contributed by atoms with E-state index >= 15 is 0 Å². The highest BCUT2D eigenvalue weighted by Crippen LogP contribution is 2.32. The van der Waals surface area contributed by atoms with Gasteiger partial charge >= 0.3 is 0 Å². The maximum Gasteiger partial charge on any atom is 0.255 e. The van der Waals surface area contributed by atoms with Crippen LogP contribution in [0.5, 0.6) is 11.5 Å². The van der Waals surface area contributed by atoms with Crippen molar-refractivity contribution in [3.63, 3.8) is 0 Å². The van der Waals surface area contributed by atoms with Gasteiger partial charge in [-0.25, -0.2) is 0 Å². The van der Waals surface area contributed by atoms with Crippen LogP contribution in [0.2, 0.25) is 0 Å². The van der Waals surface area contributed by atoms with E-state index in [0.717, 1.165) is 0 Å². The van der Waals surface area contributed by atoms with Crippen molar-refractivity contribution in [1.29, 1.82) is 0 Å². The minimum Gasteiger partial charge on any atom is -0.497 e. The normalized spacial score (nSPS) is 17.6. The monoisotopic (exact) mass is 437 g/mol. The lowest BCUT2D eigenvalue weighted by Crippen LogP contribution is -2.52. The summed E-state index contributed by atoms with van der Waals surface area (Å²) < 4.78 is 10.7. The fraction of sp³-hybridized carbons (Fsp3) is 0.304. The van der Waals surface area contributed by atoms with Gasteiger partial charge in [0.05, 0.1) is 20.1 Å². The molecule has 2 N–H and O–H groups in total. The molecule has 1 atom stereocenters. The van der Waals surface area contributed by atoms with Crippen LogP contribution < -0.4 is 20.1 Å². The summed E-state index contributed by atoms with van der Waals surface area (Å²) in [6.45, 7) is 0.383. The zero-order valence-electron chi connectivity index (χ0n) is 17.6. The highest BCUT2D eigenvalue weighted by molar-refractivity contribution is 6.06. The van der Waals surface area contributed by atoms with Crippen molar-refractivity contribution in [2.75, 3.05) is 19.0 Å². The average molecular weight is 437 g/mol. The number of carbonyl (C=O) groups excluding carboxylic acids is 4. The Labute approximate surface area is 184 Å². The number of nitrogens with one attached hydrogen (secondary N) is 2. The fourth-order valence-electron chi connectivity index (χ4n) is 3.85. The molecule has 0 aliphatic carbocycles. The van der Waals surface area contributed by atoms with Gasteiger partial charge in [0.25, 0.3) is 5.91 Å². The minimum absolute atomic E-state index is 0.125. The molecule has 2 aromatic carbocycles. The van der Waals surface area contributed by atoms with Gasteiger partial charge in [0.1, 0.15) is 17.5 Å². The smallest absolute Gasteiger partial charge is 0.255 e. The van der Waals surface area contributed by atoms with Gasteiger partial charge in [-0.2, -0.15) is 0 Å². The molecule has 0 saturated carbocycles. The Morgan fingerprint density at radius 3 is 2.59 bits per heavy atom. The summed E-state index contributed by atoms with van der Waals surface area (Å²) in [7, 11) is 1.58. The van der Waals surface area contributed by atoms with Crippen molar-refractivity contribution in [3.05, 3.63) is 53.6 Å². The first-order valence-electron chi connectivity index (χ1n) is 10.3. The first kappa shape index (κ1) is 21.4. The third-order valence-electron chi connectivity index (χ3n) is 5.51. The zero-order valence-corrected chi connectivity index (χ0v) is 17.6. The topological polar surface area (TPSA) is 114 Å². The van der Waals surface area contributed by atoms with E-state index in [0.29, 0.717) is 28.3 Å². The molecular weight excluding hydrogens is 414 g/mol. The maximum atomic E-state index is 12.9. The van der Waals surface area contributed by atoms with Crippen LogP contribution in [0.15, 0.2) is 42.5 Å². The van der Waals surface area contributed by atoms with E-state index in [1.165, 1.54) is 4.90 Å². The van der Waals surface area contributed by atoms with Gasteiger partial charge in [-0.1, -0.05) is 6.07 Å². The Bertz CT molecular complexity index is 1070. The molecule has 1 fully saturated rings. The first-order valence-corrected chi connectivity index (χ1v) is 10.3. The number of piperidine rings is 1. The molecule has 2 aromatic rings. The molecule has 2 aliphatic rings. The third kappa shape index (κ3) is 4.41. The molecule has 0 radical (unpaired) electrons. The van der Waals surface area contributed by atoms with Gasteiger partial charge < -0.3 is 19.7 Å². The summed E-state index contributed by atoms with van der Waals surface area (Å²) in [6.07, 6.45) is 0.601. The number of benzene rings is 2. The highest BCUT2D eigenvalue weighted by Gasteiger charge is 2.39. The number of hydrogen-bond donors (Lipinski definition) is 2. The van der Waals surface area contributed by atoms with E-state index in [1.807, 2.05) is 0 Å². The summed E-state index contributed by atoms with van der Waals surface area (Å²) >= 11 is 0. The van der Waals surface area contributed by atoms with Crippen LogP contribution in [0.4, 0.5) is 5.69 Å². The van der Waals surface area contributed by atoms with Crippen molar-refractivity contribution in [2.45, 2.75) is 31.8 Å². The van der Waals surface area contributed by atoms with E-state index in [-0.39, 0.29) is 50.1 Å². The van der Waals surface area contributed by atoms with Gasteiger partial charge in [0.15, 0.2) is 0 Å². The second-order valence-corrected chi connectivity index (χ2v) is 7.55. The predicted molar refractivity (Wildman–Crippen MR) is 114 cm³/mol. The van der Waals surface area contributed by atoms with Crippen LogP contribution in [0.25, 0.3) is 0 Å². The Balaban J connectivity index is 1.37. The van der Waals surface area contributed by atoms with E-state index in [2.05, 4.69) is 10.6 Å². The van der Waals surface area contributed by atoms with Gasteiger partial charge in [-0.3, -0.25) is 24.5 Å². The molecule has 2 aliphatic heterocycles.